The Balaban J connectivity index is 1.50. The second-order valence-electron chi connectivity index (χ2n) is 6.48. The summed E-state index contributed by atoms with van der Waals surface area (Å²) in [6, 6.07) is 10.8. The number of thiazole rings is 1. The number of hydrogen-bond donors (Lipinski definition) is 0. The van der Waals surface area contributed by atoms with Gasteiger partial charge in [-0.05, 0) is 43.5 Å². The zero-order valence-corrected chi connectivity index (χ0v) is 15.3. The summed E-state index contributed by atoms with van der Waals surface area (Å²) in [5.41, 5.74) is 0.931. The number of ether oxygens (including phenoxy) is 1. The molecule has 1 atom stereocenters. The van der Waals surface area contributed by atoms with E-state index in [-0.39, 0.29) is 24.3 Å². The normalized spacial score (nSPS) is 17.3. The van der Waals surface area contributed by atoms with Crippen LogP contribution in [0.15, 0.2) is 42.5 Å². The zero-order valence-electron chi connectivity index (χ0n) is 14.5. The van der Waals surface area contributed by atoms with Crippen molar-refractivity contribution < 1.29 is 18.3 Å². The van der Waals surface area contributed by atoms with Crippen molar-refractivity contribution in [3.63, 3.8) is 0 Å². The Morgan fingerprint density at radius 1 is 1.22 bits per heavy atom. The van der Waals surface area contributed by atoms with Crippen LogP contribution in [0.3, 0.4) is 0 Å². The predicted octanol–water partition coefficient (Wildman–Crippen LogP) is 4.71. The van der Waals surface area contributed by atoms with E-state index < -0.39 is 11.6 Å². The van der Waals surface area contributed by atoms with E-state index in [4.69, 9.17) is 9.72 Å². The van der Waals surface area contributed by atoms with Gasteiger partial charge in [0.1, 0.15) is 10.8 Å². The summed E-state index contributed by atoms with van der Waals surface area (Å²) >= 11 is 1.60. The summed E-state index contributed by atoms with van der Waals surface area (Å²) < 4.78 is 33.1. The van der Waals surface area contributed by atoms with Gasteiger partial charge in [0.25, 0.3) is 5.91 Å². The second kappa shape index (κ2) is 7.60. The van der Waals surface area contributed by atoms with E-state index >= 15 is 0 Å². The van der Waals surface area contributed by atoms with Gasteiger partial charge in [-0.3, -0.25) is 4.79 Å². The molecule has 3 aromatic rings. The van der Waals surface area contributed by atoms with Crippen LogP contribution in [0.4, 0.5) is 8.78 Å². The number of piperidine rings is 1. The number of halogens is 2. The van der Waals surface area contributed by atoms with Crippen LogP contribution < -0.4 is 4.74 Å². The molecule has 0 N–H and O–H groups in total. The molecule has 1 aromatic heterocycles. The third-order valence-corrected chi connectivity index (χ3v) is 5.80. The Kier molecular flexibility index (Phi) is 5.03. The Labute approximate surface area is 159 Å². The van der Waals surface area contributed by atoms with Crippen LogP contribution in [-0.4, -0.2) is 28.9 Å². The summed E-state index contributed by atoms with van der Waals surface area (Å²) in [6.45, 7) is 0.332. The molecule has 1 aliphatic heterocycles. The zero-order chi connectivity index (χ0) is 18.8. The maximum Gasteiger partial charge on any atom is 0.261 e. The molecule has 0 aliphatic carbocycles. The molecule has 2 aromatic carbocycles. The first-order valence-electron chi connectivity index (χ1n) is 8.84. The van der Waals surface area contributed by atoms with Crippen LogP contribution in [0.5, 0.6) is 5.75 Å². The van der Waals surface area contributed by atoms with Gasteiger partial charge in [0.15, 0.2) is 18.2 Å². The summed E-state index contributed by atoms with van der Waals surface area (Å²) in [5.74, 6) is -1.84. The highest BCUT2D eigenvalue weighted by molar-refractivity contribution is 7.18. The standard InChI is InChI=1S/C20H18F2N2O2S/c21-13-8-9-17(14(22)11-13)26-12-19(25)24-10-4-3-6-16(24)20-23-15-5-1-2-7-18(15)27-20/h1-2,5,7-9,11,16H,3-4,6,10,12H2. The molecule has 7 heteroatoms. The Bertz CT molecular complexity index is 943. The van der Waals surface area contributed by atoms with E-state index in [0.29, 0.717) is 6.54 Å². The minimum atomic E-state index is -0.816. The number of carbonyl (C=O) groups excluding carboxylic acids is 1. The molecule has 1 aliphatic rings. The molecule has 0 bridgehead atoms. The minimum Gasteiger partial charge on any atom is -0.481 e. The highest BCUT2D eigenvalue weighted by Gasteiger charge is 2.30. The number of para-hydroxylation sites is 1. The first kappa shape index (κ1) is 17.9. The second-order valence-corrected chi connectivity index (χ2v) is 7.54. The molecule has 0 spiro atoms. The number of benzene rings is 2. The Hall–Kier alpha value is -2.54. The Morgan fingerprint density at radius 2 is 2.07 bits per heavy atom. The highest BCUT2D eigenvalue weighted by Crippen LogP contribution is 2.35. The third kappa shape index (κ3) is 3.78. The van der Waals surface area contributed by atoms with E-state index in [1.807, 2.05) is 24.3 Å². The first-order chi connectivity index (χ1) is 13.1. The lowest BCUT2D eigenvalue weighted by Gasteiger charge is -2.34. The topological polar surface area (TPSA) is 42.4 Å². The van der Waals surface area contributed by atoms with E-state index in [9.17, 15) is 13.6 Å². The monoisotopic (exact) mass is 388 g/mol. The molecule has 1 unspecified atom stereocenters. The van der Waals surface area contributed by atoms with Crippen molar-refractivity contribution in [2.24, 2.45) is 0 Å². The first-order valence-corrected chi connectivity index (χ1v) is 9.66. The van der Waals surface area contributed by atoms with Gasteiger partial charge in [-0.1, -0.05) is 12.1 Å². The van der Waals surface area contributed by atoms with Crippen molar-refractivity contribution in [3.8, 4) is 5.75 Å². The van der Waals surface area contributed by atoms with Crippen molar-refractivity contribution in [1.82, 2.24) is 9.88 Å². The largest absolute Gasteiger partial charge is 0.481 e. The molecule has 0 radical (unpaired) electrons. The summed E-state index contributed by atoms with van der Waals surface area (Å²) in [7, 11) is 0. The molecule has 27 heavy (non-hydrogen) atoms. The highest BCUT2D eigenvalue weighted by atomic mass is 32.1. The van der Waals surface area contributed by atoms with Gasteiger partial charge in [0.05, 0.1) is 16.3 Å². The van der Waals surface area contributed by atoms with Gasteiger partial charge < -0.3 is 9.64 Å². The van der Waals surface area contributed by atoms with Crippen LogP contribution in [0.1, 0.15) is 30.3 Å². The molecule has 140 valence electrons. The maximum absolute atomic E-state index is 13.7. The maximum atomic E-state index is 13.7. The average Bonchev–Trinajstić information content (AvgIpc) is 3.11. The molecular formula is C20H18F2N2O2S. The summed E-state index contributed by atoms with van der Waals surface area (Å²) in [4.78, 5) is 19.2. The minimum absolute atomic E-state index is 0.0923. The van der Waals surface area contributed by atoms with Crippen molar-refractivity contribution in [2.75, 3.05) is 13.2 Å². The number of fused-ring (bicyclic) bond motifs is 1. The van der Waals surface area contributed by atoms with Gasteiger partial charge in [0.2, 0.25) is 0 Å². The SMILES string of the molecule is O=C(COc1ccc(F)cc1F)N1CCCCC1c1nc2ccccc2s1. The van der Waals surface area contributed by atoms with Gasteiger partial charge in [0, 0.05) is 12.6 Å². The van der Waals surface area contributed by atoms with Gasteiger partial charge >= 0.3 is 0 Å². The third-order valence-electron chi connectivity index (χ3n) is 4.66. The fourth-order valence-electron chi connectivity index (χ4n) is 3.33. The van der Waals surface area contributed by atoms with Crippen LogP contribution in [0, 0.1) is 11.6 Å². The van der Waals surface area contributed by atoms with E-state index in [0.717, 1.165) is 46.6 Å². The van der Waals surface area contributed by atoms with Crippen LogP contribution >= 0.6 is 11.3 Å². The number of carbonyl (C=O) groups is 1. The van der Waals surface area contributed by atoms with E-state index in [1.165, 1.54) is 6.07 Å². The number of aromatic nitrogens is 1. The van der Waals surface area contributed by atoms with Gasteiger partial charge in [-0.25, -0.2) is 13.8 Å². The molecular weight excluding hydrogens is 370 g/mol. The molecule has 1 amide bonds. The van der Waals surface area contributed by atoms with E-state index in [2.05, 4.69) is 0 Å². The summed E-state index contributed by atoms with van der Waals surface area (Å²) in [6.07, 6.45) is 2.78. The van der Waals surface area contributed by atoms with E-state index in [1.54, 1.807) is 16.2 Å². The molecule has 4 rings (SSSR count). The quantitative estimate of drug-likeness (QED) is 0.650. The smallest absolute Gasteiger partial charge is 0.261 e. The molecule has 1 saturated heterocycles. The molecule has 4 nitrogen and oxygen atoms in total. The predicted molar refractivity (Wildman–Crippen MR) is 99.8 cm³/mol. The van der Waals surface area contributed by atoms with Crippen molar-refractivity contribution >= 4 is 27.5 Å². The fraction of sp³-hybridized carbons (Fsp3) is 0.300. The number of nitrogens with zero attached hydrogens (tertiary/aromatic N) is 2. The fourth-order valence-corrected chi connectivity index (χ4v) is 4.45. The van der Waals surface area contributed by atoms with Crippen molar-refractivity contribution in [2.45, 2.75) is 25.3 Å². The van der Waals surface area contributed by atoms with Gasteiger partial charge in [-0.15, -0.1) is 11.3 Å². The number of amides is 1. The van der Waals surface area contributed by atoms with Crippen molar-refractivity contribution in [3.05, 3.63) is 59.1 Å². The summed E-state index contributed by atoms with van der Waals surface area (Å²) in [5, 5.41) is 0.914. The molecule has 1 fully saturated rings. The average molecular weight is 388 g/mol. The Morgan fingerprint density at radius 3 is 2.89 bits per heavy atom. The lowest BCUT2D eigenvalue weighted by molar-refractivity contribution is -0.137. The van der Waals surface area contributed by atoms with Crippen LogP contribution in [0.25, 0.3) is 10.2 Å². The molecule has 0 saturated carbocycles. The lowest BCUT2D eigenvalue weighted by atomic mass is 10.0. The number of rotatable bonds is 4. The van der Waals surface area contributed by atoms with Crippen LogP contribution in [-0.2, 0) is 4.79 Å². The number of hydrogen-bond acceptors (Lipinski definition) is 4. The van der Waals surface area contributed by atoms with Crippen molar-refractivity contribution in [1.29, 1.82) is 0 Å². The lowest BCUT2D eigenvalue weighted by Crippen LogP contribution is -2.41. The van der Waals surface area contributed by atoms with Gasteiger partial charge in [-0.2, -0.15) is 0 Å². The molecule has 2 heterocycles. The van der Waals surface area contributed by atoms with Crippen LogP contribution in [0.2, 0.25) is 0 Å². The number of likely N-dealkylation sites (tertiary alicyclic amines) is 1.